The van der Waals surface area contributed by atoms with Crippen LogP contribution in [0.3, 0.4) is 0 Å². The van der Waals surface area contributed by atoms with Crippen molar-refractivity contribution in [2.24, 2.45) is 5.73 Å². The molecule has 0 unspecified atom stereocenters. The van der Waals surface area contributed by atoms with Crippen molar-refractivity contribution >= 4 is 20.0 Å². The first-order chi connectivity index (χ1) is 8.12. The van der Waals surface area contributed by atoms with Gasteiger partial charge in [0.2, 0.25) is 0 Å². The third-order valence-electron chi connectivity index (χ3n) is 0.985. The molecule has 0 aromatic rings. The second kappa shape index (κ2) is 6.69. The van der Waals surface area contributed by atoms with Gasteiger partial charge in [-0.1, -0.05) is 0 Å². The van der Waals surface area contributed by atoms with Crippen LogP contribution in [0.15, 0.2) is 0 Å². The number of nitrogens with zero attached hydrogens (tertiary/aromatic N) is 1. The van der Waals surface area contributed by atoms with Gasteiger partial charge in [-0.2, -0.15) is 26.3 Å². The highest BCUT2D eigenvalue weighted by Gasteiger charge is 2.46. The predicted octanol–water partition coefficient (Wildman–Crippen LogP) is -0.754. The van der Waals surface area contributed by atoms with Crippen molar-refractivity contribution < 1.29 is 48.9 Å². The number of quaternary nitrogens is 1. The van der Waals surface area contributed by atoms with Gasteiger partial charge in [-0.05, 0) is 0 Å². The van der Waals surface area contributed by atoms with E-state index in [1.807, 2.05) is 0 Å². The van der Waals surface area contributed by atoms with Crippen molar-refractivity contribution in [2.75, 3.05) is 13.1 Å². The Bertz CT molecular complexity index is 422. The summed E-state index contributed by atoms with van der Waals surface area (Å²) in [4.78, 5) is 0. The highest BCUT2D eigenvalue weighted by Crippen LogP contribution is 2.36. The number of halogens is 6. The van der Waals surface area contributed by atoms with Crippen molar-refractivity contribution in [3.05, 3.63) is 4.13 Å². The molecule has 15 heteroatoms. The topological polar surface area (TPSA) is 136 Å². The van der Waals surface area contributed by atoms with E-state index in [0.717, 1.165) is 10.7 Å². The highest BCUT2D eigenvalue weighted by molar-refractivity contribution is 8.13. The van der Waals surface area contributed by atoms with Crippen molar-refractivity contribution in [1.82, 2.24) is 0 Å². The van der Waals surface area contributed by atoms with Crippen LogP contribution in [0.4, 0.5) is 26.3 Å². The van der Waals surface area contributed by atoms with Crippen LogP contribution < -0.4 is 11.5 Å². The molecule has 0 saturated carbocycles. The summed E-state index contributed by atoms with van der Waals surface area (Å²) in [5, 5.41) is 0. The lowest BCUT2D eigenvalue weighted by Gasteiger charge is -2.22. The lowest BCUT2D eigenvalue weighted by Crippen LogP contribution is -2.53. The normalized spacial score (nSPS) is 13.7. The van der Waals surface area contributed by atoms with Crippen molar-refractivity contribution in [3.63, 3.8) is 0 Å². The number of hydrogen-bond acceptors (Lipinski definition) is 5. The van der Waals surface area contributed by atoms with Gasteiger partial charge in [0.15, 0.2) is 20.0 Å². The average molecular weight is 341 g/mol. The summed E-state index contributed by atoms with van der Waals surface area (Å²) in [6.45, 7) is 1.56. The van der Waals surface area contributed by atoms with Crippen molar-refractivity contribution in [1.29, 1.82) is 0 Å². The summed E-state index contributed by atoms with van der Waals surface area (Å²) in [7, 11) is -13.4. The van der Waals surface area contributed by atoms with Crippen LogP contribution in [0.2, 0.25) is 0 Å². The molecule has 0 aliphatic rings. The van der Waals surface area contributed by atoms with Crippen LogP contribution in [0.25, 0.3) is 4.13 Å². The molecule has 0 spiro atoms. The molecule has 118 valence electrons. The Hall–Kier alpha value is -0.640. The molecule has 0 fully saturated rings. The molecule has 19 heavy (non-hydrogen) atoms. The van der Waals surface area contributed by atoms with E-state index in [2.05, 4.69) is 5.73 Å². The van der Waals surface area contributed by atoms with E-state index in [0.29, 0.717) is 6.54 Å². The summed E-state index contributed by atoms with van der Waals surface area (Å²) >= 11 is 0. The summed E-state index contributed by atoms with van der Waals surface area (Å²) in [6, 6.07) is 0. The largest absolute Gasteiger partial charge is 0.480 e. The number of sulfonamides is 2. The van der Waals surface area contributed by atoms with Gasteiger partial charge in [-0.15, -0.1) is 0 Å². The molecule has 0 amide bonds. The number of hydrogen-bond donors (Lipinski definition) is 2. The molecule has 0 aromatic heterocycles. The molecule has 7 nitrogen and oxygen atoms in total. The molecular weight excluding hydrogens is 332 g/mol. The van der Waals surface area contributed by atoms with Gasteiger partial charge in [0, 0.05) is 6.54 Å². The van der Waals surface area contributed by atoms with Crippen molar-refractivity contribution in [2.45, 2.75) is 11.0 Å². The third-order valence-corrected chi connectivity index (χ3v) is 3.73. The van der Waals surface area contributed by atoms with Gasteiger partial charge in [0.1, 0.15) is 0 Å². The summed E-state index contributed by atoms with van der Waals surface area (Å²) < 4.78 is 109. The minimum absolute atomic E-state index is 0.708. The lowest BCUT2D eigenvalue weighted by molar-refractivity contribution is -0.363. The first kappa shape index (κ1) is 20.7. The maximum atomic E-state index is 11.4. The van der Waals surface area contributed by atoms with Crippen LogP contribution in [0, 0.1) is 0 Å². The van der Waals surface area contributed by atoms with E-state index < -0.39 is 31.1 Å². The average Bonchev–Trinajstić information content (AvgIpc) is 2.13. The van der Waals surface area contributed by atoms with E-state index in [1.54, 1.807) is 0 Å². The van der Waals surface area contributed by atoms with E-state index in [-0.39, 0.29) is 0 Å². The monoisotopic (exact) mass is 341 g/mol. The minimum atomic E-state index is -6.72. The molecule has 0 aliphatic heterocycles. The van der Waals surface area contributed by atoms with E-state index >= 15 is 0 Å². The minimum Gasteiger partial charge on any atom is -0.421 e. The van der Waals surface area contributed by atoms with Gasteiger partial charge in [0.25, 0.3) is 0 Å². The van der Waals surface area contributed by atoms with Gasteiger partial charge in [0.05, 0.1) is 6.54 Å². The summed E-state index contributed by atoms with van der Waals surface area (Å²) in [5.74, 6) is 0. The zero-order chi connectivity index (χ0) is 16.1. The molecule has 0 saturated heterocycles. The second-order valence-corrected chi connectivity index (χ2v) is 5.98. The smallest absolute Gasteiger partial charge is 0.421 e. The van der Waals surface area contributed by atoms with Crippen LogP contribution in [-0.2, 0) is 20.0 Å². The van der Waals surface area contributed by atoms with Crippen LogP contribution >= 0.6 is 0 Å². The molecule has 0 aliphatic carbocycles. The quantitative estimate of drug-likeness (QED) is 0.651. The van der Waals surface area contributed by atoms with Crippen LogP contribution in [0.5, 0.6) is 0 Å². The zero-order valence-corrected chi connectivity index (χ0v) is 10.5. The first-order valence-electron chi connectivity index (χ1n) is 3.98. The Labute approximate surface area is 104 Å². The van der Waals surface area contributed by atoms with Gasteiger partial charge in [-0.25, -0.2) is 16.8 Å². The highest BCUT2D eigenvalue weighted by atomic mass is 32.3. The SMILES string of the molecule is NCC[NH3+].O=S(=O)([N-]S(=O)(=O)C(F)(F)F)C(F)(F)F. The second-order valence-electron chi connectivity index (χ2n) is 2.56. The molecule has 0 rings (SSSR count). The standard InChI is InChI=1S/C2F6NO4S2.C2H8N2/c3-1(4,5)14(10,11)9-15(12,13)2(6,7)8;3-1-2-4/h;1-4H2/q-1;/p+1. The number of rotatable bonds is 3. The Kier molecular flexibility index (Phi) is 7.28. The fraction of sp³-hybridized carbons (Fsp3) is 1.00. The Morgan fingerprint density at radius 1 is 0.895 bits per heavy atom. The van der Waals surface area contributed by atoms with Gasteiger partial charge < -0.3 is 15.6 Å². The van der Waals surface area contributed by atoms with Crippen LogP contribution in [0.1, 0.15) is 0 Å². The number of alkyl halides is 6. The van der Waals surface area contributed by atoms with Crippen molar-refractivity contribution in [3.8, 4) is 0 Å². The molecule has 0 radical (unpaired) electrons. The van der Waals surface area contributed by atoms with E-state index in [1.165, 1.54) is 0 Å². The summed E-state index contributed by atoms with van der Waals surface area (Å²) in [5.41, 5.74) is -3.96. The van der Waals surface area contributed by atoms with E-state index in [4.69, 9.17) is 5.73 Å². The Morgan fingerprint density at radius 3 is 1.21 bits per heavy atom. The molecule has 0 aromatic carbocycles. The Morgan fingerprint density at radius 2 is 1.11 bits per heavy atom. The maximum absolute atomic E-state index is 11.4. The third kappa shape index (κ3) is 6.90. The fourth-order valence-corrected chi connectivity index (χ4v) is 1.92. The molecule has 5 N–H and O–H groups in total. The Balaban J connectivity index is 0. The molecule has 0 atom stereocenters. The zero-order valence-electron chi connectivity index (χ0n) is 8.86. The van der Waals surface area contributed by atoms with Gasteiger partial charge >= 0.3 is 11.0 Å². The molecular formula is C4H9F6N3O4S2. The van der Waals surface area contributed by atoms with E-state index in [9.17, 15) is 43.2 Å². The lowest BCUT2D eigenvalue weighted by atomic mass is 10.7. The maximum Gasteiger partial charge on any atom is 0.480 e. The molecule has 0 heterocycles. The summed E-state index contributed by atoms with van der Waals surface area (Å²) in [6.07, 6.45) is 0. The first-order valence-corrected chi connectivity index (χ1v) is 6.86. The molecule has 0 bridgehead atoms. The fourth-order valence-electron chi connectivity index (χ4n) is 0.214. The van der Waals surface area contributed by atoms with Crippen LogP contribution in [-0.4, -0.2) is 40.9 Å². The predicted molar refractivity (Wildman–Crippen MR) is 50.1 cm³/mol. The van der Waals surface area contributed by atoms with Gasteiger partial charge in [-0.3, -0.25) is 0 Å². The number of nitrogens with two attached hydrogens (primary N) is 1.